The molecule has 0 aromatic carbocycles. The van der Waals surface area contributed by atoms with Crippen molar-refractivity contribution in [2.45, 2.75) is 45.4 Å². The largest absolute Gasteiger partial charge is 0.356 e. The Morgan fingerprint density at radius 3 is 2.40 bits per heavy atom. The number of rotatable bonds is 7. The van der Waals surface area contributed by atoms with Crippen LogP contribution in [0.5, 0.6) is 0 Å². The van der Waals surface area contributed by atoms with E-state index in [9.17, 15) is 0 Å². The van der Waals surface area contributed by atoms with E-state index in [-0.39, 0.29) is 0 Å². The fourth-order valence-corrected chi connectivity index (χ4v) is 4.10. The van der Waals surface area contributed by atoms with Crippen molar-refractivity contribution in [3.05, 3.63) is 0 Å². The van der Waals surface area contributed by atoms with E-state index in [1.165, 1.54) is 71.2 Å². The number of unbranched alkanes of at least 4 members (excludes halogenated alkanes) is 1. The average Bonchev–Trinajstić information content (AvgIpc) is 2.61. The Labute approximate surface area is 155 Å². The van der Waals surface area contributed by atoms with Gasteiger partial charge in [0, 0.05) is 53.4 Å². The second-order valence-corrected chi connectivity index (χ2v) is 8.33. The third-order valence-corrected chi connectivity index (χ3v) is 6.02. The molecular weight excluding hydrogens is 310 g/mol. The normalized spacial score (nSPS) is 26.6. The number of hydrogen-bond donors (Lipinski definition) is 1. The number of piperazine rings is 1. The van der Waals surface area contributed by atoms with Crippen molar-refractivity contribution in [3.63, 3.8) is 0 Å². The first-order chi connectivity index (χ1) is 12.1. The predicted octanol–water partition coefficient (Wildman–Crippen LogP) is 2.35. The summed E-state index contributed by atoms with van der Waals surface area (Å²) in [7, 11) is 6.32. The number of hydrogen-bond acceptors (Lipinski definition) is 3. The molecule has 0 spiro atoms. The van der Waals surface area contributed by atoms with Gasteiger partial charge in [-0.2, -0.15) is 0 Å². The van der Waals surface area contributed by atoms with Crippen LogP contribution >= 0.6 is 0 Å². The SMILES string of the molecule is CN=C(NCCCCN1CCN(C)CC1)N(C)CC1CCC(C)CC1. The molecule has 0 radical (unpaired) electrons. The van der Waals surface area contributed by atoms with Crippen molar-refractivity contribution in [1.29, 1.82) is 0 Å². The third-order valence-electron chi connectivity index (χ3n) is 6.02. The lowest BCUT2D eigenvalue weighted by molar-refractivity contribution is 0.152. The molecule has 1 saturated carbocycles. The molecule has 1 N–H and O–H groups in total. The van der Waals surface area contributed by atoms with Crippen molar-refractivity contribution in [2.75, 3.05) is 67.0 Å². The van der Waals surface area contributed by atoms with Crippen LogP contribution in [0, 0.1) is 11.8 Å². The summed E-state index contributed by atoms with van der Waals surface area (Å²) < 4.78 is 0. The van der Waals surface area contributed by atoms with Gasteiger partial charge in [-0.3, -0.25) is 4.99 Å². The van der Waals surface area contributed by atoms with Crippen LogP contribution in [0.15, 0.2) is 4.99 Å². The molecular formula is C20H41N5. The van der Waals surface area contributed by atoms with E-state index in [1.54, 1.807) is 0 Å². The number of likely N-dealkylation sites (N-methyl/N-ethyl adjacent to an activating group) is 1. The molecule has 0 amide bonds. The standard InChI is InChI=1S/C20H41N5/c1-18-7-9-19(10-8-18)17-24(4)20(21-2)22-11-5-6-12-25-15-13-23(3)14-16-25/h18-19H,5-17H2,1-4H3,(H,21,22). The molecule has 1 aliphatic heterocycles. The molecule has 5 heteroatoms. The maximum absolute atomic E-state index is 4.48. The smallest absolute Gasteiger partial charge is 0.193 e. The number of nitrogens with zero attached hydrogens (tertiary/aromatic N) is 4. The highest BCUT2D eigenvalue weighted by Gasteiger charge is 2.20. The van der Waals surface area contributed by atoms with Gasteiger partial charge >= 0.3 is 0 Å². The van der Waals surface area contributed by atoms with Gasteiger partial charge in [-0.15, -0.1) is 0 Å². The van der Waals surface area contributed by atoms with Crippen molar-refractivity contribution in [1.82, 2.24) is 20.0 Å². The van der Waals surface area contributed by atoms with Crippen LogP contribution in [0.25, 0.3) is 0 Å². The van der Waals surface area contributed by atoms with E-state index in [0.717, 1.165) is 30.9 Å². The van der Waals surface area contributed by atoms with Gasteiger partial charge in [0.25, 0.3) is 0 Å². The average molecular weight is 352 g/mol. The molecule has 0 atom stereocenters. The van der Waals surface area contributed by atoms with E-state index in [4.69, 9.17) is 0 Å². The van der Waals surface area contributed by atoms with E-state index in [2.05, 4.69) is 46.0 Å². The maximum Gasteiger partial charge on any atom is 0.193 e. The van der Waals surface area contributed by atoms with E-state index in [1.807, 2.05) is 7.05 Å². The van der Waals surface area contributed by atoms with Crippen molar-refractivity contribution in [3.8, 4) is 0 Å². The van der Waals surface area contributed by atoms with Crippen molar-refractivity contribution in [2.24, 2.45) is 16.8 Å². The first-order valence-electron chi connectivity index (χ1n) is 10.4. The Morgan fingerprint density at radius 1 is 1.08 bits per heavy atom. The molecule has 2 aliphatic rings. The molecule has 146 valence electrons. The predicted molar refractivity (Wildman–Crippen MR) is 108 cm³/mol. The monoisotopic (exact) mass is 351 g/mol. The van der Waals surface area contributed by atoms with Gasteiger partial charge in [-0.1, -0.05) is 19.8 Å². The molecule has 1 heterocycles. The summed E-state index contributed by atoms with van der Waals surface area (Å²) in [5, 5.41) is 3.56. The maximum atomic E-state index is 4.48. The first kappa shape index (κ1) is 20.5. The highest BCUT2D eigenvalue weighted by Crippen LogP contribution is 2.28. The first-order valence-corrected chi connectivity index (χ1v) is 10.4. The molecule has 0 aromatic rings. The van der Waals surface area contributed by atoms with E-state index in [0.29, 0.717) is 0 Å². The van der Waals surface area contributed by atoms with Crippen LogP contribution in [0.2, 0.25) is 0 Å². The van der Waals surface area contributed by atoms with Crippen LogP contribution in [-0.4, -0.2) is 87.6 Å². The lowest BCUT2D eigenvalue weighted by Crippen LogP contribution is -2.45. The molecule has 5 nitrogen and oxygen atoms in total. The van der Waals surface area contributed by atoms with Crippen LogP contribution in [-0.2, 0) is 0 Å². The zero-order valence-electron chi connectivity index (χ0n) is 17.1. The summed E-state index contributed by atoms with van der Waals surface area (Å²) in [5.74, 6) is 2.84. The zero-order chi connectivity index (χ0) is 18.1. The molecule has 0 unspecified atom stereocenters. The summed E-state index contributed by atoms with van der Waals surface area (Å²) in [6.45, 7) is 10.7. The summed E-state index contributed by atoms with van der Waals surface area (Å²) in [5.41, 5.74) is 0. The number of aliphatic imine (C=N–C) groups is 1. The highest BCUT2D eigenvalue weighted by atomic mass is 15.3. The van der Waals surface area contributed by atoms with E-state index >= 15 is 0 Å². The Morgan fingerprint density at radius 2 is 1.76 bits per heavy atom. The van der Waals surface area contributed by atoms with Crippen molar-refractivity contribution >= 4 is 5.96 Å². The summed E-state index contributed by atoms with van der Waals surface area (Å²) in [6.07, 6.45) is 8.06. The Hall–Kier alpha value is -0.810. The topological polar surface area (TPSA) is 34.1 Å². The van der Waals surface area contributed by atoms with Gasteiger partial charge in [0.1, 0.15) is 0 Å². The molecule has 2 fully saturated rings. The fourth-order valence-electron chi connectivity index (χ4n) is 4.10. The van der Waals surface area contributed by atoms with Gasteiger partial charge in [-0.25, -0.2) is 0 Å². The molecule has 1 saturated heterocycles. The Balaban J connectivity index is 1.56. The van der Waals surface area contributed by atoms with Gasteiger partial charge in [0.05, 0.1) is 0 Å². The third kappa shape index (κ3) is 7.53. The number of nitrogens with one attached hydrogen (secondary N) is 1. The quantitative estimate of drug-likeness (QED) is 0.434. The Bertz CT molecular complexity index is 382. The molecule has 1 aliphatic carbocycles. The second-order valence-electron chi connectivity index (χ2n) is 8.33. The second kappa shape index (κ2) is 11.0. The van der Waals surface area contributed by atoms with Crippen LogP contribution in [0.4, 0.5) is 0 Å². The molecule has 0 aromatic heterocycles. The van der Waals surface area contributed by atoms with Crippen LogP contribution < -0.4 is 5.32 Å². The van der Waals surface area contributed by atoms with Gasteiger partial charge in [0.2, 0.25) is 0 Å². The highest BCUT2D eigenvalue weighted by molar-refractivity contribution is 5.79. The van der Waals surface area contributed by atoms with Gasteiger partial charge in [-0.05, 0) is 51.1 Å². The minimum Gasteiger partial charge on any atom is -0.356 e. The van der Waals surface area contributed by atoms with Gasteiger partial charge < -0.3 is 20.0 Å². The fraction of sp³-hybridized carbons (Fsp3) is 0.950. The zero-order valence-corrected chi connectivity index (χ0v) is 17.1. The minimum absolute atomic E-state index is 0.844. The summed E-state index contributed by atoms with van der Waals surface area (Å²) >= 11 is 0. The number of guanidine groups is 1. The lowest BCUT2D eigenvalue weighted by Gasteiger charge is -2.32. The van der Waals surface area contributed by atoms with Crippen LogP contribution in [0.1, 0.15) is 45.4 Å². The molecule has 2 rings (SSSR count). The summed E-state index contributed by atoms with van der Waals surface area (Å²) in [4.78, 5) is 11.8. The lowest BCUT2D eigenvalue weighted by atomic mass is 9.83. The molecule has 25 heavy (non-hydrogen) atoms. The molecule has 0 bridgehead atoms. The Kier molecular flexibility index (Phi) is 9.04. The van der Waals surface area contributed by atoms with Crippen molar-refractivity contribution < 1.29 is 0 Å². The van der Waals surface area contributed by atoms with E-state index < -0.39 is 0 Å². The summed E-state index contributed by atoms with van der Waals surface area (Å²) in [6, 6.07) is 0. The minimum atomic E-state index is 0.844. The van der Waals surface area contributed by atoms with Crippen LogP contribution in [0.3, 0.4) is 0 Å². The van der Waals surface area contributed by atoms with Gasteiger partial charge in [0.15, 0.2) is 5.96 Å².